The summed E-state index contributed by atoms with van der Waals surface area (Å²) in [6, 6.07) is -11.9. The molecule has 0 bridgehead atoms. The van der Waals surface area contributed by atoms with Crippen LogP contribution >= 0.6 is 0 Å². The monoisotopic (exact) mass is 877 g/mol. The Morgan fingerprint density at radius 2 is 1.05 bits per heavy atom. The number of carbonyl (C=O) groups is 9. The van der Waals surface area contributed by atoms with Crippen LogP contribution in [0.3, 0.4) is 0 Å². The van der Waals surface area contributed by atoms with Crippen LogP contribution in [-0.4, -0.2) is 174 Å². The lowest BCUT2D eigenvalue weighted by Crippen LogP contribution is -2.65. The maximum Gasteiger partial charge on any atom is 0.335 e. The second kappa shape index (κ2) is 28.5. The van der Waals surface area contributed by atoms with E-state index in [1.165, 1.54) is 25.7 Å². The molecule has 1 aliphatic rings. The van der Waals surface area contributed by atoms with E-state index in [0.717, 1.165) is 39.0 Å². The Labute approximate surface area is 352 Å². The maximum atomic E-state index is 13.3. The number of rotatable bonds is 30. The van der Waals surface area contributed by atoms with Crippen molar-refractivity contribution < 1.29 is 84.1 Å². The van der Waals surface area contributed by atoms with Crippen molar-refractivity contribution in [2.24, 2.45) is 0 Å². The molecule has 1 saturated heterocycles. The molecule has 0 aliphatic carbocycles. The highest BCUT2D eigenvalue weighted by Gasteiger charge is 2.40. The minimum absolute atomic E-state index is 0.00501. The molecular weight excluding hydrogens is 814 g/mol. The van der Waals surface area contributed by atoms with Gasteiger partial charge in [0.15, 0.2) is 12.2 Å². The molecule has 0 spiro atoms. The number of aliphatic carboxylic acids is 2. The number of hydroxylamine groups is 2. The Bertz CT molecular complexity index is 1480. The number of carbonyl (C=O) groups excluding carboxylic acids is 7. The van der Waals surface area contributed by atoms with Gasteiger partial charge in [-0.05, 0) is 26.2 Å². The summed E-state index contributed by atoms with van der Waals surface area (Å²) in [5, 5.41) is 91.2. The zero-order valence-electron chi connectivity index (χ0n) is 34.4. The van der Waals surface area contributed by atoms with Crippen molar-refractivity contribution in [3.8, 4) is 0 Å². The number of carboxylic acid groups (broad SMARTS) is 2. The molecule has 24 nitrogen and oxygen atoms in total. The summed E-state index contributed by atoms with van der Waals surface area (Å²) in [5.74, 6) is -12.9. The number of hydrogen-bond donors (Lipinski definition) is 14. The normalized spacial score (nSPS) is 17.9. The smallest absolute Gasteiger partial charge is 0.335 e. The van der Waals surface area contributed by atoms with Crippen LogP contribution in [0, 0.1) is 0 Å². The summed E-state index contributed by atoms with van der Waals surface area (Å²) in [6.07, 6.45) is 3.98. The first kappa shape index (κ1) is 54.0. The van der Waals surface area contributed by atoms with Crippen LogP contribution in [0.2, 0.25) is 0 Å². The minimum atomic E-state index is -2.79. The molecule has 0 radical (unpaired) electrons. The standard InChI is InChI=1S/C37H63N7O17/c1-3-4-5-6-7-8-9-10-11-12-13-16-24(48)41-26(28(49)36(57)58)33(54)40-23(19-46)31(52)43-27(29(50)37(59)60)34(55)42-25(20(2)47)32(53)39-22(18-45)30(51)38-21-15-14-17-44(61)35(21)56/h20-23,25-29,45-47,49-50,61H,3-19H2,1-2H3,(H,38,51)(H,39,53)(H,40,54)(H,41,48)(H,42,55)(H,43,52)(H,57,58)(H,59,60)/t20-,21-,22-,23-,25+,26+,27-,28-,29-/m0/s1. The Morgan fingerprint density at radius 1 is 0.623 bits per heavy atom. The second-order valence-corrected chi connectivity index (χ2v) is 14.8. The van der Waals surface area contributed by atoms with E-state index in [-0.39, 0.29) is 19.4 Å². The van der Waals surface area contributed by atoms with Gasteiger partial charge in [-0.3, -0.25) is 38.8 Å². The molecule has 0 aromatic heterocycles. The van der Waals surface area contributed by atoms with Gasteiger partial charge in [0.2, 0.25) is 35.4 Å². The number of aliphatic hydroxyl groups is 5. The molecule has 24 heteroatoms. The number of hydrogen-bond acceptors (Lipinski definition) is 15. The van der Waals surface area contributed by atoms with Gasteiger partial charge < -0.3 is 67.6 Å². The molecule has 0 aromatic rings. The number of piperidine rings is 1. The topological polar surface area (TPSA) is 391 Å². The number of unbranched alkanes of at least 4 members (excludes halogenated alkanes) is 10. The maximum absolute atomic E-state index is 13.3. The fourth-order valence-electron chi connectivity index (χ4n) is 6.13. The van der Waals surface area contributed by atoms with Crippen LogP contribution in [0.1, 0.15) is 104 Å². The van der Waals surface area contributed by atoms with Crippen molar-refractivity contribution in [3.63, 3.8) is 0 Å². The van der Waals surface area contributed by atoms with E-state index in [0.29, 0.717) is 24.3 Å². The molecule has 0 unspecified atom stereocenters. The highest BCUT2D eigenvalue weighted by Crippen LogP contribution is 2.13. The molecule has 0 aromatic carbocycles. The van der Waals surface area contributed by atoms with Gasteiger partial charge in [0, 0.05) is 13.0 Å². The first-order chi connectivity index (χ1) is 28.8. The van der Waals surface area contributed by atoms with Crippen molar-refractivity contribution in [3.05, 3.63) is 0 Å². The first-order valence-corrected chi connectivity index (χ1v) is 20.3. The SMILES string of the molecule is CCCCCCCCCCCCCC(=O)N[C@@H](C(=O)N[C@@H](CO)C(=O)N[C@H](C(=O)N[C@@H](C(=O)N[C@@H](CO)C(=O)N[C@H]1CCCN(O)C1=O)[C@H](C)O)[C@H](O)C(=O)O)[C@H](O)C(=O)O. The van der Waals surface area contributed by atoms with E-state index >= 15 is 0 Å². The average molecular weight is 878 g/mol. The number of carboxylic acids is 2. The van der Waals surface area contributed by atoms with Gasteiger partial charge in [0.25, 0.3) is 5.91 Å². The molecule has 1 rings (SSSR count). The third-order valence-corrected chi connectivity index (χ3v) is 9.75. The van der Waals surface area contributed by atoms with E-state index in [1.807, 2.05) is 16.0 Å². The van der Waals surface area contributed by atoms with Gasteiger partial charge in [-0.1, -0.05) is 71.1 Å². The van der Waals surface area contributed by atoms with Crippen LogP contribution in [0.25, 0.3) is 0 Å². The molecule has 1 fully saturated rings. The van der Waals surface area contributed by atoms with E-state index in [4.69, 9.17) is 0 Å². The Balaban J connectivity index is 2.98. The lowest BCUT2D eigenvalue weighted by molar-refractivity contribution is -0.173. The highest BCUT2D eigenvalue weighted by molar-refractivity contribution is 5.99. The van der Waals surface area contributed by atoms with Gasteiger partial charge >= 0.3 is 11.9 Å². The molecule has 1 aliphatic heterocycles. The average Bonchev–Trinajstić information content (AvgIpc) is 3.21. The summed E-state index contributed by atoms with van der Waals surface area (Å²) in [7, 11) is 0. The van der Waals surface area contributed by atoms with Crippen molar-refractivity contribution in [1.29, 1.82) is 0 Å². The van der Waals surface area contributed by atoms with Gasteiger partial charge in [-0.2, -0.15) is 0 Å². The molecule has 61 heavy (non-hydrogen) atoms. The molecule has 9 atom stereocenters. The van der Waals surface area contributed by atoms with Gasteiger partial charge in [0.1, 0.15) is 36.3 Å². The van der Waals surface area contributed by atoms with Crippen molar-refractivity contribution in [1.82, 2.24) is 37.0 Å². The summed E-state index contributed by atoms with van der Waals surface area (Å²) < 4.78 is 0. The fourth-order valence-corrected chi connectivity index (χ4v) is 6.13. The number of amides is 7. The molecule has 0 saturated carbocycles. The van der Waals surface area contributed by atoms with Gasteiger partial charge in [-0.25, -0.2) is 14.7 Å². The van der Waals surface area contributed by atoms with Gasteiger partial charge in [0.05, 0.1) is 19.3 Å². The Kier molecular flexibility index (Phi) is 25.2. The molecule has 348 valence electrons. The predicted octanol–water partition coefficient (Wildman–Crippen LogP) is -4.14. The van der Waals surface area contributed by atoms with E-state index in [1.54, 1.807) is 5.32 Å². The lowest BCUT2D eigenvalue weighted by Gasteiger charge is -2.30. The van der Waals surface area contributed by atoms with E-state index < -0.39 is 121 Å². The predicted molar refractivity (Wildman–Crippen MR) is 209 cm³/mol. The van der Waals surface area contributed by atoms with Crippen LogP contribution < -0.4 is 31.9 Å². The van der Waals surface area contributed by atoms with Crippen LogP contribution in [0.15, 0.2) is 0 Å². The van der Waals surface area contributed by atoms with Crippen molar-refractivity contribution in [2.75, 3.05) is 19.8 Å². The minimum Gasteiger partial charge on any atom is -0.479 e. The lowest BCUT2D eigenvalue weighted by atomic mass is 10.0. The fraction of sp³-hybridized carbons (Fsp3) is 0.757. The highest BCUT2D eigenvalue weighted by atomic mass is 16.5. The summed E-state index contributed by atoms with van der Waals surface area (Å²) in [6.45, 7) is 0.744. The molecular formula is C37H63N7O17. The largest absolute Gasteiger partial charge is 0.479 e. The summed E-state index contributed by atoms with van der Waals surface area (Å²) in [4.78, 5) is 113. The van der Waals surface area contributed by atoms with Crippen LogP contribution in [-0.2, 0) is 43.2 Å². The Morgan fingerprint density at radius 3 is 1.52 bits per heavy atom. The molecule has 1 heterocycles. The summed E-state index contributed by atoms with van der Waals surface area (Å²) >= 11 is 0. The molecule has 14 N–H and O–H groups in total. The summed E-state index contributed by atoms with van der Waals surface area (Å²) in [5.41, 5.74) is 0. The number of nitrogens with one attached hydrogen (secondary N) is 6. The zero-order chi connectivity index (χ0) is 46.2. The third kappa shape index (κ3) is 19.1. The van der Waals surface area contributed by atoms with Crippen molar-refractivity contribution >= 4 is 53.3 Å². The van der Waals surface area contributed by atoms with Crippen molar-refractivity contribution in [2.45, 2.75) is 158 Å². The van der Waals surface area contributed by atoms with E-state index in [9.17, 15) is 84.1 Å². The third-order valence-electron chi connectivity index (χ3n) is 9.75. The Hall–Kier alpha value is -5.01. The number of aliphatic hydroxyl groups excluding tert-OH is 5. The molecule has 7 amide bonds. The zero-order valence-corrected chi connectivity index (χ0v) is 34.4. The van der Waals surface area contributed by atoms with E-state index in [2.05, 4.69) is 17.6 Å². The van der Waals surface area contributed by atoms with Crippen LogP contribution in [0.5, 0.6) is 0 Å². The van der Waals surface area contributed by atoms with Crippen LogP contribution in [0.4, 0.5) is 0 Å². The number of nitrogens with zero attached hydrogens (tertiary/aromatic N) is 1. The van der Waals surface area contributed by atoms with Gasteiger partial charge in [-0.15, -0.1) is 0 Å². The first-order valence-electron chi connectivity index (χ1n) is 20.3. The second-order valence-electron chi connectivity index (χ2n) is 14.8. The quantitative estimate of drug-likeness (QED) is 0.0241.